The molecule has 7 heteroatoms. The quantitative estimate of drug-likeness (QED) is 0.646. The maximum atomic E-state index is 13.0. The van der Waals surface area contributed by atoms with Gasteiger partial charge >= 0.3 is 0 Å². The van der Waals surface area contributed by atoms with Crippen LogP contribution >= 0.6 is 11.3 Å². The van der Waals surface area contributed by atoms with E-state index in [2.05, 4.69) is 34.7 Å². The largest absolute Gasteiger partial charge is 0.348 e. The highest BCUT2D eigenvalue weighted by molar-refractivity contribution is 7.10. The Balaban J connectivity index is 2.03. The minimum atomic E-state index is -0.184. The molecule has 0 fully saturated rings. The van der Waals surface area contributed by atoms with E-state index < -0.39 is 0 Å². The molecule has 0 aliphatic heterocycles. The number of hydrogen-bond donors (Lipinski definition) is 1. The van der Waals surface area contributed by atoms with Gasteiger partial charge in [0.2, 0.25) is 0 Å². The number of nitrogens with zero attached hydrogens (tertiary/aromatic N) is 4. The summed E-state index contributed by atoms with van der Waals surface area (Å²) in [7, 11) is 0. The van der Waals surface area contributed by atoms with Crippen LogP contribution in [0.25, 0.3) is 23.2 Å². The molecule has 2 aromatic heterocycles. The second-order valence-corrected chi connectivity index (χ2v) is 6.79. The van der Waals surface area contributed by atoms with E-state index in [0.29, 0.717) is 11.5 Å². The number of carbonyl (C=O) groups is 1. The van der Waals surface area contributed by atoms with Gasteiger partial charge in [0.25, 0.3) is 5.91 Å². The van der Waals surface area contributed by atoms with Gasteiger partial charge in [0.05, 0.1) is 0 Å². The zero-order valence-electron chi connectivity index (χ0n) is 14.8. The molecule has 0 radical (unpaired) electrons. The molecule has 134 valence electrons. The fourth-order valence-electron chi connectivity index (χ4n) is 2.60. The maximum absolute atomic E-state index is 13.0. The molecule has 0 saturated heterocycles. The number of benzene rings is 1. The van der Waals surface area contributed by atoms with Gasteiger partial charge in [0, 0.05) is 16.5 Å². The number of amides is 1. The smallest absolute Gasteiger partial charge is 0.270 e. The van der Waals surface area contributed by atoms with Crippen molar-refractivity contribution in [3.63, 3.8) is 0 Å². The van der Waals surface area contributed by atoms with Crippen LogP contribution < -0.4 is 5.32 Å². The number of rotatable bonds is 7. The molecule has 26 heavy (non-hydrogen) atoms. The van der Waals surface area contributed by atoms with Crippen LogP contribution in [0.15, 0.2) is 47.8 Å². The summed E-state index contributed by atoms with van der Waals surface area (Å²) in [4.78, 5) is 14.0. The predicted octanol–water partition coefficient (Wildman–Crippen LogP) is 3.70. The monoisotopic (exact) mass is 367 g/mol. The lowest BCUT2D eigenvalue weighted by atomic mass is 10.1. The van der Waals surface area contributed by atoms with Gasteiger partial charge in [0.15, 0.2) is 5.82 Å². The third-order valence-corrected chi connectivity index (χ3v) is 4.92. The molecule has 1 aromatic carbocycles. The molecule has 0 saturated carbocycles. The van der Waals surface area contributed by atoms with Crippen molar-refractivity contribution < 1.29 is 4.79 Å². The first-order chi connectivity index (χ1) is 12.7. The molecule has 0 unspecified atom stereocenters. The first-order valence-corrected chi connectivity index (χ1v) is 9.51. The van der Waals surface area contributed by atoms with E-state index in [9.17, 15) is 4.79 Å². The third-order valence-electron chi connectivity index (χ3n) is 4.11. The zero-order valence-corrected chi connectivity index (χ0v) is 15.6. The Morgan fingerprint density at radius 1 is 1.19 bits per heavy atom. The number of carbonyl (C=O) groups excluding carboxylic acids is 1. The molecule has 1 amide bonds. The minimum Gasteiger partial charge on any atom is -0.348 e. The van der Waals surface area contributed by atoms with Gasteiger partial charge in [-0.3, -0.25) is 4.79 Å². The maximum Gasteiger partial charge on any atom is 0.270 e. The van der Waals surface area contributed by atoms with Gasteiger partial charge in [-0.1, -0.05) is 50.2 Å². The zero-order chi connectivity index (χ0) is 18.4. The SMILES string of the molecule is CCC(CC)NC(=O)/C(=C\c1cccs1)n1nnnc1-c1ccccc1. The van der Waals surface area contributed by atoms with Crippen LogP contribution in [0, 0.1) is 0 Å². The Labute approximate surface area is 156 Å². The Morgan fingerprint density at radius 3 is 2.62 bits per heavy atom. The summed E-state index contributed by atoms with van der Waals surface area (Å²) >= 11 is 1.56. The van der Waals surface area contributed by atoms with Crippen LogP contribution in [0.2, 0.25) is 0 Å². The van der Waals surface area contributed by atoms with Crippen LogP contribution in [0.1, 0.15) is 31.6 Å². The Morgan fingerprint density at radius 2 is 1.96 bits per heavy atom. The van der Waals surface area contributed by atoms with Crippen LogP contribution in [-0.2, 0) is 4.79 Å². The topological polar surface area (TPSA) is 72.7 Å². The summed E-state index contributed by atoms with van der Waals surface area (Å²) in [6, 6.07) is 13.6. The summed E-state index contributed by atoms with van der Waals surface area (Å²) in [5, 5.41) is 17.1. The Hall–Kier alpha value is -2.80. The fourth-order valence-corrected chi connectivity index (χ4v) is 3.25. The van der Waals surface area contributed by atoms with Crippen molar-refractivity contribution in [1.82, 2.24) is 25.5 Å². The highest BCUT2D eigenvalue weighted by Gasteiger charge is 2.21. The van der Waals surface area contributed by atoms with E-state index in [0.717, 1.165) is 23.3 Å². The molecular weight excluding hydrogens is 346 g/mol. The lowest BCUT2D eigenvalue weighted by Crippen LogP contribution is -2.35. The lowest BCUT2D eigenvalue weighted by Gasteiger charge is -2.16. The Kier molecular flexibility index (Phi) is 5.91. The molecule has 0 bridgehead atoms. The standard InChI is InChI=1S/C19H21N5OS/c1-3-15(4-2)20-19(25)17(13-16-11-8-12-26-16)24-18(21-22-23-24)14-9-6-5-7-10-14/h5-13,15H,3-4H2,1-2H3,(H,20,25)/b17-13+. The molecule has 6 nitrogen and oxygen atoms in total. The van der Waals surface area contributed by atoms with Crippen molar-refractivity contribution in [3.05, 3.63) is 52.7 Å². The highest BCUT2D eigenvalue weighted by atomic mass is 32.1. The average Bonchev–Trinajstić information content (AvgIpc) is 3.36. The van der Waals surface area contributed by atoms with Crippen molar-refractivity contribution in [3.8, 4) is 11.4 Å². The molecule has 0 aliphatic carbocycles. The molecule has 2 heterocycles. The molecule has 0 spiro atoms. The summed E-state index contributed by atoms with van der Waals surface area (Å²) < 4.78 is 1.51. The first kappa shape index (κ1) is 18.0. The van der Waals surface area contributed by atoms with Crippen LogP contribution in [0.4, 0.5) is 0 Å². The van der Waals surface area contributed by atoms with E-state index in [1.54, 1.807) is 11.3 Å². The predicted molar refractivity (Wildman–Crippen MR) is 104 cm³/mol. The van der Waals surface area contributed by atoms with Crippen molar-refractivity contribution in [1.29, 1.82) is 0 Å². The number of hydrogen-bond acceptors (Lipinski definition) is 5. The van der Waals surface area contributed by atoms with Crippen molar-refractivity contribution in [2.45, 2.75) is 32.7 Å². The molecule has 0 atom stereocenters. The molecule has 3 aromatic rings. The number of aromatic nitrogens is 4. The van der Waals surface area contributed by atoms with E-state index in [4.69, 9.17) is 0 Å². The van der Waals surface area contributed by atoms with Crippen molar-refractivity contribution in [2.75, 3.05) is 0 Å². The number of tetrazole rings is 1. The lowest BCUT2D eigenvalue weighted by molar-refractivity contribution is -0.116. The van der Waals surface area contributed by atoms with Gasteiger partial charge in [-0.2, -0.15) is 4.68 Å². The second-order valence-electron chi connectivity index (χ2n) is 5.81. The third kappa shape index (κ3) is 4.05. The van der Waals surface area contributed by atoms with Crippen LogP contribution in [-0.4, -0.2) is 32.2 Å². The van der Waals surface area contributed by atoms with E-state index in [1.165, 1.54) is 4.68 Å². The molecule has 1 N–H and O–H groups in total. The number of nitrogens with one attached hydrogen (secondary N) is 1. The average molecular weight is 367 g/mol. The highest BCUT2D eigenvalue weighted by Crippen LogP contribution is 2.22. The molecule has 0 aliphatic rings. The van der Waals surface area contributed by atoms with Crippen molar-refractivity contribution in [2.24, 2.45) is 0 Å². The summed E-state index contributed by atoms with van der Waals surface area (Å²) in [6.45, 7) is 4.12. The van der Waals surface area contributed by atoms with Gasteiger partial charge in [-0.15, -0.1) is 16.4 Å². The fraction of sp³-hybridized carbons (Fsp3) is 0.263. The van der Waals surface area contributed by atoms with E-state index in [-0.39, 0.29) is 11.9 Å². The van der Waals surface area contributed by atoms with Gasteiger partial charge in [-0.25, -0.2) is 0 Å². The van der Waals surface area contributed by atoms with Gasteiger partial charge in [-0.05, 0) is 40.8 Å². The molecular formula is C19H21N5OS. The van der Waals surface area contributed by atoms with Crippen molar-refractivity contribution >= 4 is 29.0 Å². The van der Waals surface area contributed by atoms with Gasteiger partial charge in [0.1, 0.15) is 5.70 Å². The van der Waals surface area contributed by atoms with E-state index in [1.807, 2.05) is 53.9 Å². The van der Waals surface area contributed by atoms with Crippen LogP contribution in [0.5, 0.6) is 0 Å². The van der Waals surface area contributed by atoms with Gasteiger partial charge < -0.3 is 5.32 Å². The summed E-state index contributed by atoms with van der Waals surface area (Å²) in [5.41, 5.74) is 1.26. The molecule has 3 rings (SSSR count). The summed E-state index contributed by atoms with van der Waals surface area (Å²) in [5.74, 6) is 0.352. The van der Waals surface area contributed by atoms with E-state index >= 15 is 0 Å². The summed E-state index contributed by atoms with van der Waals surface area (Å²) in [6.07, 6.45) is 3.57. The second kappa shape index (κ2) is 8.53. The first-order valence-electron chi connectivity index (χ1n) is 8.63. The Bertz CT molecular complexity index is 866. The minimum absolute atomic E-state index is 0.117. The van der Waals surface area contributed by atoms with Crippen LogP contribution in [0.3, 0.4) is 0 Å². The normalized spacial score (nSPS) is 11.7. The number of thiophene rings is 1.